The monoisotopic (exact) mass is 431 g/mol. The molecule has 0 aliphatic heterocycles. The predicted octanol–water partition coefficient (Wildman–Crippen LogP) is 5.95. The summed E-state index contributed by atoms with van der Waals surface area (Å²) in [6.45, 7) is 0.299. The number of hydrogen-bond donors (Lipinski definition) is 2. The van der Waals surface area contributed by atoms with Crippen LogP contribution in [0.1, 0.15) is 11.1 Å². The summed E-state index contributed by atoms with van der Waals surface area (Å²) < 4.78 is 11.3. The molecule has 7 heteroatoms. The minimum atomic E-state index is -0.932. The second kappa shape index (κ2) is 9.54. The Morgan fingerprint density at radius 1 is 1.07 bits per heavy atom. The summed E-state index contributed by atoms with van der Waals surface area (Å²) in [7, 11) is 1.51. The highest BCUT2D eigenvalue weighted by Crippen LogP contribution is 2.46. The van der Waals surface area contributed by atoms with Gasteiger partial charge in [-0.3, -0.25) is 4.79 Å². The molecule has 0 bridgehead atoms. The molecule has 2 N–H and O–H groups in total. The molecule has 0 unspecified atom stereocenters. The number of halogens is 2. The average molecular weight is 432 g/mol. The van der Waals surface area contributed by atoms with Crippen LogP contribution in [0.4, 0.5) is 11.4 Å². The highest BCUT2D eigenvalue weighted by atomic mass is 35.5. The van der Waals surface area contributed by atoms with Gasteiger partial charge in [0.05, 0.1) is 24.2 Å². The fourth-order valence-corrected chi connectivity index (χ4v) is 3.39. The van der Waals surface area contributed by atoms with Crippen molar-refractivity contribution in [1.29, 1.82) is 0 Å². The average Bonchev–Trinajstić information content (AvgIpc) is 2.71. The molecule has 0 saturated heterocycles. The van der Waals surface area contributed by atoms with Gasteiger partial charge in [-0.2, -0.15) is 0 Å². The number of rotatable bonds is 8. The van der Waals surface area contributed by atoms with E-state index in [0.717, 1.165) is 5.56 Å². The number of carboxylic acid groups (broad SMARTS) is 1. The first-order valence-corrected chi connectivity index (χ1v) is 9.54. The molecular formula is C22H19Cl2NO4. The molecule has 0 atom stereocenters. The maximum Gasteiger partial charge on any atom is 0.307 e. The van der Waals surface area contributed by atoms with E-state index in [1.807, 2.05) is 30.3 Å². The Kier molecular flexibility index (Phi) is 6.86. The van der Waals surface area contributed by atoms with E-state index in [4.69, 9.17) is 37.8 Å². The first-order chi connectivity index (χ1) is 14.0. The molecule has 0 heterocycles. The van der Waals surface area contributed by atoms with Crippen LogP contribution in [0.2, 0.25) is 10.0 Å². The number of para-hydroxylation sites is 1. The Morgan fingerprint density at radius 3 is 2.45 bits per heavy atom. The van der Waals surface area contributed by atoms with Gasteiger partial charge in [0.15, 0.2) is 11.5 Å². The second-order valence-electron chi connectivity index (χ2n) is 6.21. The lowest BCUT2D eigenvalue weighted by Gasteiger charge is -2.19. The molecule has 29 heavy (non-hydrogen) atoms. The Hall–Kier alpha value is -2.89. The third-order valence-electron chi connectivity index (χ3n) is 4.20. The maximum absolute atomic E-state index is 11.1. The Labute approximate surface area is 178 Å². The van der Waals surface area contributed by atoms with Gasteiger partial charge in [0, 0.05) is 11.8 Å². The summed E-state index contributed by atoms with van der Waals surface area (Å²) >= 11 is 13.0. The number of methoxy groups -OCH3 is 1. The van der Waals surface area contributed by atoms with Crippen LogP contribution in [0.5, 0.6) is 11.5 Å². The molecule has 0 radical (unpaired) electrons. The van der Waals surface area contributed by atoms with Crippen molar-refractivity contribution >= 4 is 40.5 Å². The fraction of sp³-hybridized carbons (Fsp3) is 0.136. The van der Waals surface area contributed by atoms with E-state index >= 15 is 0 Å². The van der Waals surface area contributed by atoms with Gasteiger partial charge in [0.25, 0.3) is 0 Å². The van der Waals surface area contributed by atoms with Crippen molar-refractivity contribution in [2.45, 2.75) is 13.0 Å². The number of aliphatic carboxylic acids is 1. The molecule has 0 spiro atoms. The molecule has 0 aromatic heterocycles. The zero-order valence-corrected chi connectivity index (χ0v) is 17.1. The molecule has 3 rings (SSSR count). The van der Waals surface area contributed by atoms with Crippen LogP contribution in [-0.4, -0.2) is 18.2 Å². The number of benzene rings is 3. The zero-order valence-electron chi connectivity index (χ0n) is 15.6. The van der Waals surface area contributed by atoms with Gasteiger partial charge in [-0.05, 0) is 17.2 Å². The van der Waals surface area contributed by atoms with Crippen molar-refractivity contribution < 1.29 is 19.4 Å². The highest BCUT2D eigenvalue weighted by Gasteiger charge is 2.19. The molecule has 0 aliphatic carbocycles. The zero-order chi connectivity index (χ0) is 20.8. The minimum Gasteiger partial charge on any atom is -0.493 e. The van der Waals surface area contributed by atoms with Crippen LogP contribution in [0.25, 0.3) is 0 Å². The largest absolute Gasteiger partial charge is 0.493 e. The number of carbonyl (C=O) groups is 1. The molecular weight excluding hydrogens is 413 g/mol. The molecule has 0 saturated carbocycles. The summed E-state index contributed by atoms with van der Waals surface area (Å²) in [6.07, 6.45) is -0.133. The van der Waals surface area contributed by atoms with Gasteiger partial charge in [-0.15, -0.1) is 0 Å². The smallest absolute Gasteiger partial charge is 0.307 e. The van der Waals surface area contributed by atoms with E-state index in [0.29, 0.717) is 40.1 Å². The SMILES string of the molecule is COc1cc(Cl)c(Nc2ccccc2CC(=O)O)c(Cl)c1OCc1ccccc1. The van der Waals surface area contributed by atoms with Crippen LogP contribution in [0, 0.1) is 0 Å². The number of anilines is 2. The van der Waals surface area contributed by atoms with Crippen molar-refractivity contribution in [3.8, 4) is 11.5 Å². The number of carboxylic acids is 1. The van der Waals surface area contributed by atoms with Gasteiger partial charge in [-0.25, -0.2) is 0 Å². The molecule has 3 aromatic rings. The summed E-state index contributed by atoms with van der Waals surface area (Å²) in [5.41, 5.74) is 2.59. The van der Waals surface area contributed by atoms with E-state index in [-0.39, 0.29) is 11.4 Å². The van der Waals surface area contributed by atoms with E-state index in [2.05, 4.69) is 5.32 Å². The summed E-state index contributed by atoms with van der Waals surface area (Å²) in [5, 5.41) is 12.9. The van der Waals surface area contributed by atoms with Crippen LogP contribution < -0.4 is 14.8 Å². The third kappa shape index (κ3) is 5.13. The van der Waals surface area contributed by atoms with Gasteiger partial charge < -0.3 is 19.9 Å². The van der Waals surface area contributed by atoms with Gasteiger partial charge in [0.1, 0.15) is 11.6 Å². The number of nitrogens with one attached hydrogen (secondary N) is 1. The minimum absolute atomic E-state index is 0.133. The van der Waals surface area contributed by atoms with Gasteiger partial charge >= 0.3 is 5.97 Å². The van der Waals surface area contributed by atoms with Crippen LogP contribution >= 0.6 is 23.2 Å². The normalized spacial score (nSPS) is 10.4. The quantitative estimate of drug-likeness (QED) is 0.460. The van der Waals surface area contributed by atoms with Crippen molar-refractivity contribution in [1.82, 2.24) is 0 Å². The van der Waals surface area contributed by atoms with E-state index < -0.39 is 5.97 Å². The molecule has 0 amide bonds. The van der Waals surface area contributed by atoms with E-state index in [9.17, 15) is 4.79 Å². The topological polar surface area (TPSA) is 67.8 Å². The number of ether oxygens (including phenoxy) is 2. The summed E-state index contributed by atoms with van der Waals surface area (Å²) in [6, 6.07) is 18.3. The van der Waals surface area contributed by atoms with Crippen molar-refractivity contribution in [2.24, 2.45) is 0 Å². The van der Waals surface area contributed by atoms with Crippen molar-refractivity contribution in [2.75, 3.05) is 12.4 Å². The first-order valence-electron chi connectivity index (χ1n) is 8.79. The Bertz CT molecular complexity index is 1010. The van der Waals surface area contributed by atoms with Crippen molar-refractivity contribution in [3.63, 3.8) is 0 Å². The summed E-state index contributed by atoms with van der Waals surface area (Å²) in [5.74, 6) is -0.181. The highest BCUT2D eigenvalue weighted by molar-refractivity contribution is 6.40. The van der Waals surface area contributed by atoms with Crippen LogP contribution in [0.15, 0.2) is 60.7 Å². The van der Waals surface area contributed by atoms with Crippen LogP contribution in [0.3, 0.4) is 0 Å². The Balaban J connectivity index is 1.94. The second-order valence-corrected chi connectivity index (χ2v) is 6.99. The predicted molar refractivity (Wildman–Crippen MR) is 115 cm³/mol. The van der Waals surface area contributed by atoms with E-state index in [1.54, 1.807) is 30.3 Å². The molecule has 5 nitrogen and oxygen atoms in total. The van der Waals surface area contributed by atoms with Gasteiger partial charge in [0.2, 0.25) is 0 Å². The standard InChI is InChI=1S/C22H19Cl2NO4/c1-28-18-12-16(23)21(25-17-10-6-5-9-15(17)11-19(26)27)20(24)22(18)29-13-14-7-3-2-4-8-14/h2-10,12,25H,11,13H2,1H3,(H,26,27). The molecule has 0 fully saturated rings. The maximum atomic E-state index is 11.1. The van der Waals surface area contributed by atoms with E-state index in [1.165, 1.54) is 7.11 Å². The molecule has 0 aliphatic rings. The lowest BCUT2D eigenvalue weighted by atomic mass is 10.1. The lowest BCUT2D eigenvalue weighted by molar-refractivity contribution is -0.136. The molecule has 3 aromatic carbocycles. The first kappa shape index (κ1) is 20.8. The molecule has 150 valence electrons. The van der Waals surface area contributed by atoms with Crippen molar-refractivity contribution in [3.05, 3.63) is 81.8 Å². The number of hydrogen-bond acceptors (Lipinski definition) is 4. The third-order valence-corrected chi connectivity index (χ3v) is 4.86. The summed E-state index contributed by atoms with van der Waals surface area (Å²) in [4.78, 5) is 11.1. The van der Waals surface area contributed by atoms with Crippen LogP contribution in [-0.2, 0) is 17.8 Å². The lowest BCUT2D eigenvalue weighted by Crippen LogP contribution is -2.05. The van der Waals surface area contributed by atoms with Gasteiger partial charge in [-0.1, -0.05) is 71.7 Å². The fourth-order valence-electron chi connectivity index (χ4n) is 2.80. The Morgan fingerprint density at radius 2 is 1.76 bits per heavy atom.